The molecule has 0 aliphatic heterocycles. The summed E-state index contributed by atoms with van der Waals surface area (Å²) in [6.45, 7) is 2.40. The maximum absolute atomic E-state index is 9.98. The molecular formula is C19H22ClN3O2. The summed E-state index contributed by atoms with van der Waals surface area (Å²) in [6.07, 6.45) is 2.25. The van der Waals surface area contributed by atoms with E-state index in [2.05, 4.69) is 20.9 Å². The maximum Gasteiger partial charge on any atom is 0.138 e. The van der Waals surface area contributed by atoms with E-state index in [1.807, 2.05) is 36.7 Å². The van der Waals surface area contributed by atoms with Gasteiger partial charge in [-0.2, -0.15) is 0 Å². The first-order valence-corrected chi connectivity index (χ1v) is 8.78. The van der Waals surface area contributed by atoms with Crippen molar-refractivity contribution in [3.05, 3.63) is 59.9 Å². The molecule has 1 heterocycles. The van der Waals surface area contributed by atoms with Crippen LogP contribution in [0.5, 0.6) is 5.75 Å². The van der Waals surface area contributed by atoms with Crippen LogP contribution in [-0.4, -0.2) is 40.5 Å². The summed E-state index contributed by atoms with van der Waals surface area (Å²) in [5, 5.41) is 13.8. The van der Waals surface area contributed by atoms with Gasteiger partial charge in [-0.25, -0.2) is 4.98 Å². The minimum absolute atomic E-state index is 0.211. The molecule has 0 saturated carbocycles. The van der Waals surface area contributed by atoms with E-state index in [9.17, 15) is 5.11 Å². The molecule has 25 heavy (non-hydrogen) atoms. The Balaban J connectivity index is 1.33. The lowest BCUT2D eigenvalue weighted by Gasteiger charge is -2.14. The van der Waals surface area contributed by atoms with Gasteiger partial charge in [0.25, 0.3) is 0 Å². The number of ether oxygens (including phenoxy) is 1. The van der Waals surface area contributed by atoms with E-state index >= 15 is 0 Å². The van der Waals surface area contributed by atoms with Gasteiger partial charge in [0, 0.05) is 13.1 Å². The van der Waals surface area contributed by atoms with Crippen LogP contribution in [0.1, 0.15) is 6.42 Å². The van der Waals surface area contributed by atoms with Crippen molar-refractivity contribution in [2.75, 3.05) is 19.7 Å². The Morgan fingerprint density at radius 2 is 1.96 bits per heavy atom. The number of halogens is 1. The number of hydrogen-bond acceptors (Lipinski definition) is 4. The Kier molecular flexibility index (Phi) is 6.28. The molecule has 0 bridgehead atoms. The Labute approximate surface area is 152 Å². The highest BCUT2D eigenvalue weighted by atomic mass is 35.5. The summed E-state index contributed by atoms with van der Waals surface area (Å²) >= 11 is 6.01. The lowest BCUT2D eigenvalue weighted by molar-refractivity contribution is 0.106. The molecule has 0 aliphatic carbocycles. The number of benzene rings is 2. The van der Waals surface area contributed by atoms with Crippen LogP contribution >= 0.6 is 11.6 Å². The number of fused-ring (bicyclic) bond motifs is 1. The average molecular weight is 360 g/mol. The second kappa shape index (κ2) is 8.85. The molecule has 0 fully saturated rings. The van der Waals surface area contributed by atoms with Gasteiger partial charge < -0.3 is 19.7 Å². The number of rotatable bonds is 9. The van der Waals surface area contributed by atoms with E-state index in [0.29, 0.717) is 17.3 Å². The van der Waals surface area contributed by atoms with Crippen LogP contribution in [0.2, 0.25) is 5.02 Å². The number of aliphatic hydroxyl groups excluding tert-OH is 1. The molecule has 0 amide bonds. The van der Waals surface area contributed by atoms with E-state index in [-0.39, 0.29) is 6.61 Å². The van der Waals surface area contributed by atoms with Gasteiger partial charge in [-0.15, -0.1) is 0 Å². The van der Waals surface area contributed by atoms with Crippen molar-refractivity contribution in [3.63, 3.8) is 0 Å². The zero-order chi connectivity index (χ0) is 17.5. The molecule has 0 spiro atoms. The smallest absolute Gasteiger partial charge is 0.138 e. The fraction of sp³-hybridized carbons (Fsp3) is 0.316. The van der Waals surface area contributed by atoms with Gasteiger partial charge in [-0.05, 0) is 37.2 Å². The van der Waals surface area contributed by atoms with Gasteiger partial charge in [0.15, 0.2) is 0 Å². The number of nitrogens with one attached hydrogen (secondary N) is 1. The van der Waals surface area contributed by atoms with E-state index in [0.717, 1.165) is 30.5 Å². The highest BCUT2D eigenvalue weighted by Crippen LogP contribution is 2.23. The van der Waals surface area contributed by atoms with E-state index < -0.39 is 6.10 Å². The fourth-order valence-corrected chi connectivity index (χ4v) is 2.83. The van der Waals surface area contributed by atoms with Gasteiger partial charge in [0.1, 0.15) is 18.5 Å². The molecule has 2 aromatic carbocycles. The molecule has 3 aromatic rings. The largest absolute Gasteiger partial charge is 0.489 e. The summed E-state index contributed by atoms with van der Waals surface area (Å²) in [7, 11) is 0. The third kappa shape index (κ3) is 4.95. The van der Waals surface area contributed by atoms with Gasteiger partial charge in [0.2, 0.25) is 0 Å². The fourth-order valence-electron chi connectivity index (χ4n) is 2.64. The molecule has 0 radical (unpaired) electrons. The van der Waals surface area contributed by atoms with Crippen LogP contribution < -0.4 is 10.1 Å². The third-order valence-electron chi connectivity index (χ3n) is 3.93. The van der Waals surface area contributed by atoms with Gasteiger partial charge >= 0.3 is 0 Å². The van der Waals surface area contributed by atoms with Crippen LogP contribution in [0.15, 0.2) is 54.9 Å². The van der Waals surface area contributed by atoms with Crippen molar-refractivity contribution in [2.45, 2.75) is 19.1 Å². The lowest BCUT2D eigenvalue weighted by atomic mass is 10.3. The summed E-state index contributed by atoms with van der Waals surface area (Å²) < 4.78 is 7.68. The summed E-state index contributed by atoms with van der Waals surface area (Å²) in [4.78, 5) is 4.38. The van der Waals surface area contributed by atoms with Gasteiger partial charge in [-0.3, -0.25) is 0 Å². The SMILES string of the molecule is OC(CNCCCn1cnc2ccccc21)COc1ccccc1Cl. The summed E-state index contributed by atoms with van der Waals surface area (Å²) in [5.74, 6) is 0.593. The molecule has 1 aromatic heterocycles. The number of nitrogens with zero attached hydrogens (tertiary/aromatic N) is 2. The number of aryl methyl sites for hydroxylation is 1. The number of aromatic nitrogens is 2. The molecule has 1 unspecified atom stereocenters. The summed E-state index contributed by atoms with van der Waals surface area (Å²) in [5.41, 5.74) is 2.17. The third-order valence-corrected chi connectivity index (χ3v) is 4.24. The van der Waals surface area contributed by atoms with Gasteiger partial charge in [0.05, 0.1) is 22.4 Å². The number of imidazole rings is 1. The van der Waals surface area contributed by atoms with E-state index in [1.54, 1.807) is 12.1 Å². The van der Waals surface area contributed by atoms with Crippen molar-refractivity contribution in [3.8, 4) is 5.75 Å². The molecule has 0 aliphatic rings. The Morgan fingerprint density at radius 1 is 1.16 bits per heavy atom. The average Bonchev–Trinajstić information content (AvgIpc) is 3.04. The molecule has 5 nitrogen and oxygen atoms in total. The minimum atomic E-state index is -0.578. The number of hydrogen-bond donors (Lipinski definition) is 2. The van der Waals surface area contributed by atoms with Crippen LogP contribution in [0.4, 0.5) is 0 Å². The van der Waals surface area contributed by atoms with Crippen LogP contribution in [-0.2, 0) is 6.54 Å². The zero-order valence-electron chi connectivity index (χ0n) is 13.9. The number of aliphatic hydroxyl groups is 1. The van der Waals surface area contributed by atoms with E-state index in [4.69, 9.17) is 16.3 Å². The molecule has 3 rings (SSSR count). The molecule has 2 N–H and O–H groups in total. The predicted molar refractivity (Wildman–Crippen MR) is 100 cm³/mol. The van der Waals surface area contributed by atoms with Crippen LogP contribution in [0.3, 0.4) is 0 Å². The Morgan fingerprint density at radius 3 is 2.84 bits per heavy atom. The molecule has 1 atom stereocenters. The van der Waals surface area contributed by atoms with Crippen molar-refractivity contribution in [1.82, 2.24) is 14.9 Å². The predicted octanol–water partition coefficient (Wildman–Crippen LogP) is 3.11. The second-order valence-corrected chi connectivity index (χ2v) is 6.29. The monoisotopic (exact) mass is 359 g/mol. The summed E-state index contributed by atoms with van der Waals surface area (Å²) in [6, 6.07) is 15.4. The normalized spacial score (nSPS) is 12.4. The van der Waals surface area contributed by atoms with Gasteiger partial charge in [-0.1, -0.05) is 35.9 Å². The maximum atomic E-state index is 9.98. The Bertz CT molecular complexity index is 806. The molecule has 6 heteroatoms. The van der Waals surface area contributed by atoms with Crippen molar-refractivity contribution < 1.29 is 9.84 Å². The zero-order valence-corrected chi connectivity index (χ0v) is 14.7. The van der Waals surface area contributed by atoms with Crippen molar-refractivity contribution >= 4 is 22.6 Å². The lowest BCUT2D eigenvalue weighted by Crippen LogP contribution is -2.32. The van der Waals surface area contributed by atoms with Crippen molar-refractivity contribution in [1.29, 1.82) is 0 Å². The minimum Gasteiger partial charge on any atom is -0.489 e. The standard InChI is InChI=1S/C19H22ClN3O2/c20-16-6-1-4-9-19(16)25-13-15(24)12-21-10-5-11-23-14-22-17-7-2-3-8-18(17)23/h1-4,6-9,14-15,21,24H,5,10-13H2. The Hall–Kier alpha value is -2.08. The topological polar surface area (TPSA) is 59.3 Å². The molecule has 132 valence electrons. The first-order chi connectivity index (χ1) is 12.2. The van der Waals surface area contributed by atoms with Crippen LogP contribution in [0.25, 0.3) is 11.0 Å². The first-order valence-electron chi connectivity index (χ1n) is 8.40. The van der Waals surface area contributed by atoms with Crippen molar-refractivity contribution in [2.24, 2.45) is 0 Å². The molecule has 0 saturated heterocycles. The van der Waals surface area contributed by atoms with E-state index in [1.165, 1.54) is 0 Å². The van der Waals surface area contributed by atoms with Crippen LogP contribution in [0, 0.1) is 0 Å². The molecular weight excluding hydrogens is 338 g/mol. The highest BCUT2D eigenvalue weighted by Gasteiger charge is 2.07. The first kappa shape index (κ1) is 17.7. The number of para-hydroxylation sites is 3. The second-order valence-electron chi connectivity index (χ2n) is 5.88. The quantitative estimate of drug-likeness (QED) is 0.576. The highest BCUT2D eigenvalue weighted by molar-refractivity contribution is 6.32.